The van der Waals surface area contributed by atoms with Crippen LogP contribution >= 0.6 is 43.6 Å². The van der Waals surface area contributed by atoms with Gasteiger partial charge in [-0.1, -0.05) is 40.7 Å². The number of hydrogen-bond acceptors (Lipinski definition) is 3. The second-order valence-electron chi connectivity index (χ2n) is 4.32. The van der Waals surface area contributed by atoms with Gasteiger partial charge in [0.05, 0.1) is 4.47 Å². The maximum atomic E-state index is 4.37. The first kappa shape index (κ1) is 16.0. The Balaban J connectivity index is 2.07. The molecule has 5 heteroatoms. The van der Waals surface area contributed by atoms with E-state index < -0.39 is 0 Å². The number of nitrogens with one attached hydrogen (secondary N) is 1. The minimum atomic E-state index is 0.895. The summed E-state index contributed by atoms with van der Waals surface area (Å²) < 4.78 is 2.16. The summed E-state index contributed by atoms with van der Waals surface area (Å²) in [6.07, 6.45) is 2.96. The van der Waals surface area contributed by atoms with Gasteiger partial charge in [-0.15, -0.1) is 0 Å². The molecule has 2 aromatic rings. The van der Waals surface area contributed by atoms with Gasteiger partial charge in [0.15, 0.2) is 0 Å². The molecule has 0 saturated carbocycles. The highest BCUT2D eigenvalue weighted by atomic mass is 79.9. The van der Waals surface area contributed by atoms with Gasteiger partial charge in [0, 0.05) is 22.1 Å². The smallest absolute Gasteiger partial charge is 0.115 e. The Morgan fingerprint density at radius 3 is 2.75 bits per heavy atom. The average molecular weight is 416 g/mol. The first-order chi connectivity index (χ1) is 9.70. The van der Waals surface area contributed by atoms with Crippen LogP contribution in [0.15, 0.2) is 55.4 Å². The van der Waals surface area contributed by atoms with Gasteiger partial charge in [-0.3, -0.25) is 0 Å². The van der Waals surface area contributed by atoms with Crippen LogP contribution in [0, 0.1) is 0 Å². The fourth-order valence-electron chi connectivity index (χ4n) is 1.69. The lowest BCUT2D eigenvalue weighted by molar-refractivity contribution is 0.673. The molecular weight excluding hydrogens is 400 g/mol. The van der Waals surface area contributed by atoms with Crippen molar-refractivity contribution in [3.63, 3.8) is 0 Å². The Hall–Kier alpha value is -0.360. The fraction of sp³-hybridized carbons (Fsp3) is 0.267. The van der Waals surface area contributed by atoms with Gasteiger partial charge in [0.25, 0.3) is 0 Å². The molecule has 1 heterocycles. The highest BCUT2D eigenvalue weighted by Gasteiger charge is 2.06. The van der Waals surface area contributed by atoms with Gasteiger partial charge >= 0.3 is 0 Å². The zero-order chi connectivity index (χ0) is 14.4. The van der Waals surface area contributed by atoms with Crippen LogP contribution in [0.1, 0.15) is 18.9 Å². The summed E-state index contributed by atoms with van der Waals surface area (Å²) >= 11 is 8.83. The van der Waals surface area contributed by atoms with Crippen molar-refractivity contribution in [2.45, 2.75) is 29.8 Å². The summed E-state index contributed by atoms with van der Waals surface area (Å²) in [4.78, 5) is 5.55. The van der Waals surface area contributed by atoms with E-state index in [4.69, 9.17) is 0 Å². The molecule has 0 amide bonds. The number of aromatic nitrogens is 1. The highest BCUT2D eigenvalue weighted by molar-refractivity contribution is 9.10. The zero-order valence-electron chi connectivity index (χ0n) is 11.2. The molecule has 0 bridgehead atoms. The van der Waals surface area contributed by atoms with Crippen LogP contribution in [0.25, 0.3) is 0 Å². The lowest BCUT2D eigenvalue weighted by atomic mass is 10.2. The molecule has 0 radical (unpaired) electrons. The predicted octanol–water partition coefficient (Wildman–Crippen LogP) is 5.26. The first-order valence-corrected chi connectivity index (χ1v) is 8.88. The van der Waals surface area contributed by atoms with Gasteiger partial charge < -0.3 is 5.32 Å². The second kappa shape index (κ2) is 8.17. The van der Waals surface area contributed by atoms with Gasteiger partial charge in [0.2, 0.25) is 0 Å². The van der Waals surface area contributed by atoms with Crippen molar-refractivity contribution < 1.29 is 0 Å². The van der Waals surface area contributed by atoms with Crippen LogP contribution in [-0.2, 0) is 6.54 Å². The first-order valence-electron chi connectivity index (χ1n) is 6.48. The van der Waals surface area contributed by atoms with Crippen molar-refractivity contribution in [2.75, 3.05) is 6.54 Å². The maximum absolute atomic E-state index is 4.37. The lowest BCUT2D eigenvalue weighted by Gasteiger charge is -2.08. The van der Waals surface area contributed by atoms with Crippen molar-refractivity contribution in [3.8, 4) is 0 Å². The number of hydrogen-bond donors (Lipinski definition) is 1. The van der Waals surface area contributed by atoms with E-state index >= 15 is 0 Å². The van der Waals surface area contributed by atoms with E-state index in [1.807, 2.05) is 18.3 Å². The van der Waals surface area contributed by atoms with Gasteiger partial charge in [-0.2, -0.15) is 0 Å². The molecular formula is C15H16Br2N2S. The molecule has 20 heavy (non-hydrogen) atoms. The molecule has 106 valence electrons. The predicted molar refractivity (Wildman–Crippen MR) is 92.2 cm³/mol. The third-order valence-corrected chi connectivity index (χ3v) is 5.35. The molecule has 0 spiro atoms. The van der Waals surface area contributed by atoms with Crippen LogP contribution in [0.5, 0.6) is 0 Å². The lowest BCUT2D eigenvalue weighted by Crippen LogP contribution is -2.14. The Labute approximate surface area is 141 Å². The third kappa shape index (κ3) is 4.58. The maximum Gasteiger partial charge on any atom is 0.115 e. The molecule has 0 aliphatic carbocycles. The number of pyridine rings is 1. The molecule has 0 aliphatic heterocycles. The molecule has 1 aromatic heterocycles. The minimum Gasteiger partial charge on any atom is -0.313 e. The Kier molecular flexibility index (Phi) is 6.55. The summed E-state index contributed by atoms with van der Waals surface area (Å²) in [5.41, 5.74) is 1.28. The van der Waals surface area contributed by atoms with Crippen LogP contribution in [0.2, 0.25) is 0 Å². The molecule has 1 aromatic carbocycles. The fourth-order valence-corrected chi connectivity index (χ4v) is 3.68. The van der Waals surface area contributed by atoms with E-state index in [2.05, 4.69) is 67.3 Å². The van der Waals surface area contributed by atoms with Crippen molar-refractivity contribution in [3.05, 3.63) is 51.0 Å². The standard InChI is InChI=1S/C15H16Br2N2S/c1-2-7-18-10-11-5-6-12(9-14(11)17)20-15-13(16)4-3-8-19-15/h3-6,8-9,18H,2,7,10H2,1H3. The number of rotatable bonds is 6. The highest BCUT2D eigenvalue weighted by Crippen LogP contribution is 2.33. The van der Waals surface area contributed by atoms with Crippen molar-refractivity contribution in [1.29, 1.82) is 0 Å². The van der Waals surface area contributed by atoms with E-state index in [1.54, 1.807) is 11.8 Å². The van der Waals surface area contributed by atoms with Gasteiger partial charge in [-0.25, -0.2) is 4.98 Å². The Bertz CT molecular complexity index is 576. The summed E-state index contributed by atoms with van der Waals surface area (Å²) in [7, 11) is 0. The number of nitrogens with zero attached hydrogens (tertiary/aromatic N) is 1. The van der Waals surface area contributed by atoms with Gasteiger partial charge in [-0.05, 0) is 58.7 Å². The largest absolute Gasteiger partial charge is 0.313 e. The Morgan fingerprint density at radius 2 is 2.05 bits per heavy atom. The van der Waals surface area contributed by atoms with E-state index in [1.165, 1.54) is 10.5 Å². The molecule has 2 rings (SSSR count). The van der Waals surface area contributed by atoms with Gasteiger partial charge in [0.1, 0.15) is 5.03 Å². The van der Waals surface area contributed by atoms with E-state index in [9.17, 15) is 0 Å². The molecule has 0 atom stereocenters. The average Bonchev–Trinajstić information content (AvgIpc) is 2.44. The molecule has 0 fully saturated rings. The number of halogens is 2. The molecule has 2 nitrogen and oxygen atoms in total. The van der Waals surface area contributed by atoms with Crippen molar-refractivity contribution >= 4 is 43.6 Å². The molecule has 0 unspecified atom stereocenters. The SMILES string of the molecule is CCCNCc1ccc(Sc2ncccc2Br)cc1Br. The number of benzene rings is 1. The topological polar surface area (TPSA) is 24.9 Å². The second-order valence-corrected chi connectivity index (χ2v) is 7.09. The van der Waals surface area contributed by atoms with E-state index in [-0.39, 0.29) is 0 Å². The molecule has 0 aliphatic rings. The monoisotopic (exact) mass is 414 g/mol. The normalized spacial score (nSPS) is 10.8. The summed E-state index contributed by atoms with van der Waals surface area (Å²) in [6.45, 7) is 4.11. The summed E-state index contributed by atoms with van der Waals surface area (Å²) in [5, 5.41) is 4.40. The van der Waals surface area contributed by atoms with E-state index in [0.29, 0.717) is 0 Å². The molecule has 0 saturated heterocycles. The minimum absolute atomic E-state index is 0.895. The summed E-state index contributed by atoms with van der Waals surface area (Å²) in [5.74, 6) is 0. The van der Waals surface area contributed by atoms with Crippen molar-refractivity contribution in [1.82, 2.24) is 10.3 Å². The van der Waals surface area contributed by atoms with Crippen LogP contribution in [0.4, 0.5) is 0 Å². The van der Waals surface area contributed by atoms with Crippen LogP contribution in [-0.4, -0.2) is 11.5 Å². The Morgan fingerprint density at radius 1 is 1.20 bits per heavy atom. The van der Waals surface area contributed by atoms with E-state index in [0.717, 1.165) is 33.5 Å². The zero-order valence-corrected chi connectivity index (χ0v) is 15.2. The molecule has 1 N–H and O–H groups in total. The van der Waals surface area contributed by atoms with Crippen LogP contribution in [0.3, 0.4) is 0 Å². The summed E-state index contributed by atoms with van der Waals surface area (Å²) in [6, 6.07) is 10.4. The van der Waals surface area contributed by atoms with Crippen molar-refractivity contribution in [2.24, 2.45) is 0 Å². The third-order valence-electron chi connectivity index (χ3n) is 2.71. The quantitative estimate of drug-likeness (QED) is 0.651. The van der Waals surface area contributed by atoms with Crippen LogP contribution < -0.4 is 5.32 Å².